The van der Waals surface area contributed by atoms with Gasteiger partial charge in [0.15, 0.2) is 0 Å². The SMILES string of the molecule is COCOC1CN(C(c2ccccc2)(c2ccccc2)c2ccccc2)Cc2sccc21. The maximum Gasteiger partial charge on any atom is 0.147 e. The van der Waals surface area contributed by atoms with Gasteiger partial charge in [0.05, 0.1) is 11.6 Å². The Labute approximate surface area is 193 Å². The summed E-state index contributed by atoms with van der Waals surface area (Å²) in [5.74, 6) is 0. The number of fused-ring (bicyclic) bond motifs is 1. The molecule has 0 radical (unpaired) electrons. The van der Waals surface area contributed by atoms with Crippen molar-refractivity contribution in [2.24, 2.45) is 0 Å². The molecular formula is C28H27NO2S. The first-order chi connectivity index (χ1) is 15.8. The van der Waals surface area contributed by atoms with Gasteiger partial charge in [0.25, 0.3) is 0 Å². The van der Waals surface area contributed by atoms with E-state index in [0.717, 1.165) is 13.1 Å². The quantitative estimate of drug-likeness (QED) is 0.251. The van der Waals surface area contributed by atoms with Gasteiger partial charge in [-0.3, -0.25) is 4.90 Å². The highest BCUT2D eigenvalue weighted by Crippen LogP contribution is 2.47. The average Bonchev–Trinajstić information content (AvgIpc) is 3.34. The highest BCUT2D eigenvalue weighted by atomic mass is 32.1. The number of ether oxygens (including phenoxy) is 2. The summed E-state index contributed by atoms with van der Waals surface area (Å²) in [4.78, 5) is 3.93. The van der Waals surface area contributed by atoms with Gasteiger partial charge in [-0.25, -0.2) is 0 Å². The lowest BCUT2D eigenvalue weighted by atomic mass is 9.74. The van der Waals surface area contributed by atoms with E-state index in [1.165, 1.54) is 27.1 Å². The maximum atomic E-state index is 6.19. The van der Waals surface area contributed by atoms with Crippen LogP contribution in [0, 0.1) is 0 Å². The summed E-state index contributed by atoms with van der Waals surface area (Å²) in [6, 6.07) is 34.7. The third-order valence-corrected chi connectivity index (χ3v) is 7.21. The molecule has 0 N–H and O–H groups in total. The van der Waals surface area contributed by atoms with Crippen LogP contribution in [-0.2, 0) is 21.6 Å². The smallest absolute Gasteiger partial charge is 0.147 e. The Hall–Kier alpha value is -2.76. The fourth-order valence-electron chi connectivity index (χ4n) is 4.94. The highest BCUT2D eigenvalue weighted by molar-refractivity contribution is 7.10. The molecule has 1 aromatic heterocycles. The van der Waals surface area contributed by atoms with Crippen LogP contribution in [0.25, 0.3) is 0 Å². The van der Waals surface area contributed by atoms with E-state index < -0.39 is 5.54 Å². The Balaban J connectivity index is 1.74. The van der Waals surface area contributed by atoms with Crippen molar-refractivity contribution >= 4 is 11.3 Å². The van der Waals surface area contributed by atoms with Gasteiger partial charge in [0, 0.05) is 25.1 Å². The summed E-state index contributed by atoms with van der Waals surface area (Å²) in [6.07, 6.45) is -0.0412. The van der Waals surface area contributed by atoms with Gasteiger partial charge in [0.2, 0.25) is 0 Å². The van der Waals surface area contributed by atoms with E-state index in [1.807, 2.05) is 0 Å². The molecule has 1 aliphatic rings. The molecule has 4 heteroatoms. The van der Waals surface area contributed by atoms with Gasteiger partial charge in [0.1, 0.15) is 6.79 Å². The maximum absolute atomic E-state index is 6.19. The van der Waals surface area contributed by atoms with Crippen molar-refractivity contribution < 1.29 is 9.47 Å². The molecule has 2 heterocycles. The van der Waals surface area contributed by atoms with Crippen LogP contribution in [0.15, 0.2) is 102 Å². The molecule has 1 unspecified atom stereocenters. The largest absolute Gasteiger partial charge is 0.359 e. The van der Waals surface area contributed by atoms with E-state index in [0.29, 0.717) is 0 Å². The average molecular weight is 442 g/mol. The molecule has 0 aliphatic carbocycles. The summed E-state index contributed by atoms with van der Waals surface area (Å²) < 4.78 is 11.5. The number of benzene rings is 3. The van der Waals surface area contributed by atoms with Gasteiger partial charge in [-0.1, -0.05) is 91.0 Å². The normalized spacial score (nSPS) is 16.6. The molecule has 0 amide bonds. The fourth-order valence-corrected chi connectivity index (χ4v) is 5.88. The highest BCUT2D eigenvalue weighted by Gasteiger charge is 2.45. The number of nitrogens with zero attached hydrogens (tertiary/aromatic N) is 1. The van der Waals surface area contributed by atoms with Crippen LogP contribution >= 0.6 is 11.3 Å². The van der Waals surface area contributed by atoms with Gasteiger partial charge >= 0.3 is 0 Å². The van der Waals surface area contributed by atoms with E-state index in [-0.39, 0.29) is 12.9 Å². The van der Waals surface area contributed by atoms with Crippen molar-refractivity contribution in [3.05, 3.63) is 130 Å². The lowest BCUT2D eigenvalue weighted by Gasteiger charge is -2.48. The molecule has 5 rings (SSSR count). The van der Waals surface area contributed by atoms with Crippen LogP contribution in [0.2, 0.25) is 0 Å². The van der Waals surface area contributed by atoms with Crippen LogP contribution in [0.5, 0.6) is 0 Å². The predicted octanol–water partition coefficient (Wildman–Crippen LogP) is 6.22. The van der Waals surface area contributed by atoms with E-state index in [4.69, 9.17) is 9.47 Å². The molecule has 0 fully saturated rings. The first kappa shape index (κ1) is 21.1. The molecule has 0 saturated heterocycles. The van der Waals surface area contributed by atoms with Crippen LogP contribution in [0.3, 0.4) is 0 Å². The zero-order chi connectivity index (χ0) is 21.8. The zero-order valence-corrected chi connectivity index (χ0v) is 19.0. The molecule has 162 valence electrons. The first-order valence-electron chi connectivity index (χ1n) is 10.9. The van der Waals surface area contributed by atoms with Gasteiger partial charge in [-0.05, 0) is 33.7 Å². The minimum absolute atomic E-state index is 0.0412. The minimum Gasteiger partial charge on any atom is -0.359 e. The summed E-state index contributed by atoms with van der Waals surface area (Å²) in [6.45, 7) is 1.91. The predicted molar refractivity (Wildman–Crippen MR) is 130 cm³/mol. The lowest BCUT2D eigenvalue weighted by Crippen LogP contribution is -2.51. The molecule has 3 aromatic carbocycles. The molecule has 3 nitrogen and oxygen atoms in total. The van der Waals surface area contributed by atoms with Crippen LogP contribution in [-0.4, -0.2) is 25.3 Å². The second kappa shape index (κ2) is 9.39. The van der Waals surface area contributed by atoms with E-state index in [1.54, 1.807) is 18.4 Å². The Bertz CT molecular complexity index is 1030. The van der Waals surface area contributed by atoms with Crippen molar-refractivity contribution in [3.63, 3.8) is 0 Å². The summed E-state index contributed by atoms with van der Waals surface area (Å²) in [7, 11) is 1.68. The van der Waals surface area contributed by atoms with Crippen LogP contribution < -0.4 is 0 Å². The minimum atomic E-state index is -0.444. The van der Waals surface area contributed by atoms with E-state index in [9.17, 15) is 0 Å². The van der Waals surface area contributed by atoms with E-state index >= 15 is 0 Å². The third kappa shape index (κ3) is 3.70. The Morgan fingerprint density at radius 1 is 0.812 bits per heavy atom. The first-order valence-corrected chi connectivity index (χ1v) is 11.8. The Morgan fingerprint density at radius 2 is 1.34 bits per heavy atom. The monoisotopic (exact) mass is 441 g/mol. The molecule has 4 aromatic rings. The molecule has 0 spiro atoms. The summed E-state index contributed by atoms with van der Waals surface area (Å²) in [5, 5.41) is 2.17. The number of hydrogen-bond acceptors (Lipinski definition) is 4. The van der Waals surface area contributed by atoms with Crippen molar-refractivity contribution in [2.75, 3.05) is 20.4 Å². The van der Waals surface area contributed by atoms with Crippen LogP contribution in [0.4, 0.5) is 0 Å². The number of rotatable bonds is 7. The van der Waals surface area contributed by atoms with Crippen molar-refractivity contribution in [3.8, 4) is 0 Å². The van der Waals surface area contributed by atoms with Crippen molar-refractivity contribution in [1.29, 1.82) is 0 Å². The van der Waals surface area contributed by atoms with Gasteiger partial charge < -0.3 is 9.47 Å². The number of thiophene rings is 1. The summed E-state index contributed by atoms with van der Waals surface area (Å²) >= 11 is 1.81. The summed E-state index contributed by atoms with van der Waals surface area (Å²) in [5.41, 5.74) is 4.60. The number of hydrogen-bond donors (Lipinski definition) is 0. The van der Waals surface area contributed by atoms with Gasteiger partial charge in [-0.2, -0.15) is 0 Å². The Kier molecular flexibility index (Phi) is 6.19. The number of methoxy groups -OCH3 is 1. The topological polar surface area (TPSA) is 21.7 Å². The lowest BCUT2D eigenvalue weighted by molar-refractivity contribution is -0.0938. The fraction of sp³-hybridized carbons (Fsp3) is 0.214. The molecule has 1 aliphatic heterocycles. The third-order valence-electron chi connectivity index (χ3n) is 6.28. The molecule has 1 atom stereocenters. The molecular weight excluding hydrogens is 414 g/mol. The van der Waals surface area contributed by atoms with Crippen molar-refractivity contribution in [1.82, 2.24) is 4.90 Å². The second-order valence-electron chi connectivity index (χ2n) is 8.05. The standard InChI is InChI=1S/C28H27NO2S/c1-30-21-31-26-19-29(20-27-25(26)17-18-32-27)28(22-11-5-2-6-12-22,23-13-7-3-8-14-23)24-15-9-4-10-16-24/h2-18,26H,19-21H2,1H3. The van der Waals surface area contributed by atoms with Gasteiger partial charge in [-0.15, -0.1) is 11.3 Å². The molecule has 32 heavy (non-hydrogen) atoms. The van der Waals surface area contributed by atoms with Crippen molar-refractivity contribution in [2.45, 2.75) is 18.2 Å². The second-order valence-corrected chi connectivity index (χ2v) is 9.05. The van der Waals surface area contributed by atoms with Crippen LogP contribution in [0.1, 0.15) is 33.2 Å². The Morgan fingerprint density at radius 3 is 1.84 bits per heavy atom. The zero-order valence-electron chi connectivity index (χ0n) is 18.2. The molecule has 0 saturated carbocycles. The molecule has 0 bridgehead atoms. The van der Waals surface area contributed by atoms with E-state index in [2.05, 4.69) is 107 Å².